The number of hydrogen-bond donors (Lipinski definition) is 2. The maximum absolute atomic E-state index is 5.71. The van der Waals surface area contributed by atoms with Crippen LogP contribution in [0.25, 0.3) is 22.2 Å². The molecule has 25 heavy (non-hydrogen) atoms. The maximum Gasteiger partial charge on any atom is 0.560 e. The number of fused-ring (bicyclic) bond motifs is 1. The number of amidine groups is 1. The van der Waals surface area contributed by atoms with Crippen molar-refractivity contribution in [2.24, 2.45) is 0 Å². The van der Waals surface area contributed by atoms with E-state index in [0.29, 0.717) is 17.8 Å². The molecular formula is C19H19N4O2+. The molecule has 3 heterocycles. The van der Waals surface area contributed by atoms with E-state index in [-0.39, 0.29) is 6.10 Å². The SMILES string of the molecule is CNC1=[N+]=C(c2ccc3[nH]cc(-c4cccc(OC(C)C)n4)c3c2)O1. The highest BCUT2D eigenvalue weighted by Gasteiger charge is 2.28. The van der Waals surface area contributed by atoms with E-state index >= 15 is 0 Å². The van der Waals surface area contributed by atoms with Gasteiger partial charge in [0.25, 0.3) is 0 Å². The average Bonchev–Trinajstić information content (AvgIpc) is 2.97. The Balaban J connectivity index is 1.77. The summed E-state index contributed by atoms with van der Waals surface area (Å²) in [6, 6.07) is 12.4. The van der Waals surface area contributed by atoms with Crippen LogP contribution in [0.3, 0.4) is 0 Å². The number of benzene rings is 1. The van der Waals surface area contributed by atoms with Gasteiger partial charge in [-0.3, -0.25) is 0 Å². The molecule has 2 aromatic heterocycles. The van der Waals surface area contributed by atoms with Gasteiger partial charge < -0.3 is 14.5 Å². The van der Waals surface area contributed by atoms with Crippen LogP contribution in [0.1, 0.15) is 19.4 Å². The number of nitrogens with zero attached hydrogens (tertiary/aromatic N) is 2. The minimum Gasteiger partial charge on any atom is -0.475 e. The zero-order chi connectivity index (χ0) is 17.4. The number of rotatable bonds is 4. The van der Waals surface area contributed by atoms with Crippen molar-refractivity contribution in [1.29, 1.82) is 0 Å². The van der Waals surface area contributed by atoms with Crippen molar-refractivity contribution < 1.29 is 9.47 Å². The largest absolute Gasteiger partial charge is 0.560 e. The van der Waals surface area contributed by atoms with Gasteiger partial charge in [0.05, 0.1) is 24.4 Å². The van der Waals surface area contributed by atoms with Crippen molar-refractivity contribution in [2.75, 3.05) is 7.05 Å². The fourth-order valence-electron chi connectivity index (χ4n) is 2.76. The molecule has 1 aliphatic heterocycles. The quantitative estimate of drug-likeness (QED) is 0.718. The summed E-state index contributed by atoms with van der Waals surface area (Å²) >= 11 is 0. The van der Waals surface area contributed by atoms with Crippen molar-refractivity contribution in [3.8, 4) is 17.1 Å². The van der Waals surface area contributed by atoms with Gasteiger partial charge in [0.15, 0.2) is 0 Å². The lowest BCUT2D eigenvalue weighted by atomic mass is 10.1. The Morgan fingerprint density at radius 1 is 1.24 bits per heavy atom. The number of ether oxygens (including phenoxy) is 2. The highest BCUT2D eigenvalue weighted by Crippen LogP contribution is 2.29. The third-order valence-corrected chi connectivity index (χ3v) is 3.89. The predicted molar refractivity (Wildman–Crippen MR) is 98.7 cm³/mol. The van der Waals surface area contributed by atoms with Crippen LogP contribution < -0.4 is 14.7 Å². The van der Waals surface area contributed by atoms with Crippen molar-refractivity contribution in [2.45, 2.75) is 20.0 Å². The third-order valence-electron chi connectivity index (χ3n) is 3.89. The number of pyridine rings is 1. The Bertz CT molecular complexity index is 1010. The molecule has 0 unspecified atom stereocenters. The van der Waals surface area contributed by atoms with Crippen LogP contribution in [0.15, 0.2) is 42.6 Å². The summed E-state index contributed by atoms with van der Waals surface area (Å²) in [5.41, 5.74) is 3.85. The summed E-state index contributed by atoms with van der Waals surface area (Å²) in [6.45, 7) is 3.98. The van der Waals surface area contributed by atoms with Crippen LogP contribution in [-0.2, 0) is 4.74 Å². The Morgan fingerprint density at radius 2 is 2.08 bits per heavy atom. The minimum absolute atomic E-state index is 0.0868. The van der Waals surface area contributed by atoms with Gasteiger partial charge >= 0.3 is 11.9 Å². The van der Waals surface area contributed by atoms with E-state index < -0.39 is 0 Å². The van der Waals surface area contributed by atoms with Crippen LogP contribution in [-0.4, -0.2) is 35.0 Å². The molecule has 0 amide bonds. The van der Waals surface area contributed by atoms with Gasteiger partial charge in [-0.25, -0.2) is 10.3 Å². The summed E-state index contributed by atoms with van der Waals surface area (Å²) in [6.07, 6.45) is 2.05. The first kappa shape index (κ1) is 15.3. The number of aromatic nitrogens is 2. The molecule has 0 saturated carbocycles. The topological polar surface area (TPSA) is 73.3 Å². The van der Waals surface area contributed by atoms with Crippen molar-refractivity contribution in [3.63, 3.8) is 0 Å². The first-order chi connectivity index (χ1) is 12.1. The van der Waals surface area contributed by atoms with E-state index in [2.05, 4.69) is 26.0 Å². The van der Waals surface area contributed by atoms with Gasteiger partial charge in [-0.15, -0.1) is 4.67 Å². The first-order valence-corrected chi connectivity index (χ1v) is 8.21. The smallest absolute Gasteiger partial charge is 0.475 e. The van der Waals surface area contributed by atoms with Gasteiger partial charge in [0.2, 0.25) is 5.88 Å². The van der Waals surface area contributed by atoms with E-state index in [9.17, 15) is 0 Å². The molecule has 2 N–H and O–H groups in total. The molecular weight excluding hydrogens is 316 g/mol. The van der Waals surface area contributed by atoms with Crippen LogP contribution in [0.2, 0.25) is 0 Å². The lowest BCUT2D eigenvalue weighted by Crippen LogP contribution is -2.37. The molecule has 0 bridgehead atoms. The van der Waals surface area contributed by atoms with Gasteiger partial charge in [-0.2, -0.15) is 0 Å². The second-order valence-electron chi connectivity index (χ2n) is 6.06. The highest BCUT2D eigenvalue weighted by atomic mass is 16.5. The molecule has 6 heteroatoms. The third kappa shape index (κ3) is 2.84. The fourth-order valence-corrected chi connectivity index (χ4v) is 2.76. The normalized spacial score (nSPS) is 13.1. The molecule has 6 nitrogen and oxygen atoms in total. The van der Waals surface area contributed by atoms with Crippen molar-refractivity contribution >= 4 is 22.8 Å². The second kappa shape index (κ2) is 6.00. The molecule has 0 spiro atoms. The molecule has 3 aromatic rings. The summed E-state index contributed by atoms with van der Waals surface area (Å²) in [4.78, 5) is 7.91. The Kier molecular flexibility index (Phi) is 3.67. The second-order valence-corrected chi connectivity index (χ2v) is 6.06. The molecule has 0 atom stereocenters. The zero-order valence-corrected chi connectivity index (χ0v) is 14.3. The van der Waals surface area contributed by atoms with Gasteiger partial charge in [0.1, 0.15) is 0 Å². The van der Waals surface area contributed by atoms with Crippen molar-refractivity contribution in [1.82, 2.24) is 20.0 Å². The molecule has 0 aliphatic carbocycles. The van der Waals surface area contributed by atoms with E-state index in [1.165, 1.54) is 0 Å². The van der Waals surface area contributed by atoms with E-state index in [0.717, 1.165) is 27.7 Å². The van der Waals surface area contributed by atoms with Crippen LogP contribution in [0.4, 0.5) is 0 Å². The van der Waals surface area contributed by atoms with E-state index in [1.54, 1.807) is 7.05 Å². The molecule has 1 aromatic carbocycles. The van der Waals surface area contributed by atoms with Crippen LogP contribution in [0, 0.1) is 0 Å². The number of H-pyrrole nitrogens is 1. The number of aromatic amines is 1. The fraction of sp³-hybridized carbons (Fsp3) is 0.211. The average molecular weight is 335 g/mol. The molecule has 0 radical (unpaired) electrons. The summed E-state index contributed by atoms with van der Waals surface area (Å²) < 4.78 is 15.5. The highest BCUT2D eigenvalue weighted by molar-refractivity contribution is 6.10. The van der Waals surface area contributed by atoms with Crippen molar-refractivity contribution in [3.05, 3.63) is 48.2 Å². The van der Waals surface area contributed by atoms with Crippen LogP contribution in [0.5, 0.6) is 5.88 Å². The Morgan fingerprint density at radius 3 is 2.84 bits per heavy atom. The zero-order valence-electron chi connectivity index (χ0n) is 14.3. The first-order valence-electron chi connectivity index (χ1n) is 8.21. The van der Waals surface area contributed by atoms with Gasteiger partial charge in [-0.1, -0.05) is 6.07 Å². The minimum atomic E-state index is 0.0868. The standard InChI is InChI=1S/C19H18N4O2/c1-11(2)24-17-6-4-5-16(22-17)14-10-21-15-8-7-12(9-13(14)15)18-23-19(20-3)25-18/h4-11H,1-3H3,(H,20,21,22,23)/p+1. The Hall–Kier alpha value is -3.24. The van der Waals surface area contributed by atoms with Gasteiger partial charge in [-0.05, 0) is 38.1 Å². The lowest BCUT2D eigenvalue weighted by molar-refractivity contribution is 0.233. The molecule has 0 fully saturated rings. The molecule has 126 valence electrons. The number of hydrogen-bond acceptors (Lipinski definition) is 4. The molecule has 1 aliphatic rings. The Labute approximate surface area is 145 Å². The lowest BCUT2D eigenvalue weighted by Gasteiger charge is -2.09. The van der Waals surface area contributed by atoms with Crippen LogP contribution >= 0.6 is 0 Å². The summed E-state index contributed by atoms with van der Waals surface area (Å²) in [5, 5.41) is 3.93. The van der Waals surface area contributed by atoms with E-state index in [4.69, 9.17) is 9.47 Å². The predicted octanol–water partition coefficient (Wildman–Crippen LogP) is 2.44. The monoisotopic (exact) mass is 335 g/mol. The summed E-state index contributed by atoms with van der Waals surface area (Å²) in [7, 11) is 1.78. The molecule has 4 rings (SSSR count). The summed E-state index contributed by atoms with van der Waals surface area (Å²) in [5.74, 6) is 1.24. The van der Waals surface area contributed by atoms with E-state index in [1.807, 2.05) is 50.4 Å². The number of nitrogens with one attached hydrogen (secondary N) is 2. The van der Waals surface area contributed by atoms with Gasteiger partial charge in [0, 0.05) is 28.7 Å². The maximum atomic E-state index is 5.71. The molecule has 0 saturated heterocycles.